The summed E-state index contributed by atoms with van der Waals surface area (Å²) in [5.41, 5.74) is 3.97. The van der Waals surface area contributed by atoms with Crippen molar-refractivity contribution < 1.29 is 5.11 Å². The summed E-state index contributed by atoms with van der Waals surface area (Å²) in [7, 11) is 0. The minimum Gasteiger partial charge on any atom is -0.508 e. The first-order valence-corrected chi connectivity index (χ1v) is 5.19. The van der Waals surface area contributed by atoms with Crippen LogP contribution in [0.15, 0.2) is 24.4 Å². The van der Waals surface area contributed by atoms with Gasteiger partial charge >= 0.3 is 0 Å². The van der Waals surface area contributed by atoms with Gasteiger partial charge in [-0.1, -0.05) is 0 Å². The van der Waals surface area contributed by atoms with Gasteiger partial charge in [0.25, 0.3) is 0 Å². The van der Waals surface area contributed by atoms with Crippen LogP contribution in [0.2, 0.25) is 0 Å². The minimum atomic E-state index is 0.338. The summed E-state index contributed by atoms with van der Waals surface area (Å²) in [6.07, 6.45) is 1.73. The average molecular weight is 217 g/mol. The molecule has 0 radical (unpaired) electrons. The van der Waals surface area contributed by atoms with Crippen LogP contribution < -0.4 is 5.32 Å². The van der Waals surface area contributed by atoms with Gasteiger partial charge in [0.2, 0.25) is 0 Å². The molecule has 3 N–H and O–H groups in total. The number of phenolic OH excluding ortho intramolecular Hbond substituents is 1. The first-order valence-electron chi connectivity index (χ1n) is 5.19. The van der Waals surface area contributed by atoms with Gasteiger partial charge in [-0.2, -0.15) is 5.10 Å². The number of nitrogens with zero attached hydrogens (tertiary/aromatic N) is 1. The van der Waals surface area contributed by atoms with Crippen LogP contribution >= 0.6 is 0 Å². The number of aryl methyl sites for hydroxylation is 2. The maximum absolute atomic E-state index is 9.53. The van der Waals surface area contributed by atoms with Crippen molar-refractivity contribution in [3.05, 3.63) is 41.2 Å². The highest BCUT2D eigenvalue weighted by atomic mass is 16.3. The van der Waals surface area contributed by atoms with E-state index in [-0.39, 0.29) is 0 Å². The summed E-state index contributed by atoms with van der Waals surface area (Å²) in [6, 6.07) is 5.64. The molecule has 4 heteroatoms. The van der Waals surface area contributed by atoms with Gasteiger partial charge in [0.05, 0.1) is 12.2 Å². The lowest BCUT2D eigenvalue weighted by atomic mass is 10.1. The molecule has 1 aromatic carbocycles. The van der Waals surface area contributed by atoms with Gasteiger partial charge in [-0.25, -0.2) is 0 Å². The second kappa shape index (κ2) is 4.26. The lowest BCUT2D eigenvalue weighted by molar-refractivity contribution is 0.471. The zero-order valence-electron chi connectivity index (χ0n) is 9.41. The van der Waals surface area contributed by atoms with E-state index >= 15 is 0 Å². The number of H-pyrrole nitrogens is 1. The molecule has 0 saturated carbocycles. The highest BCUT2D eigenvalue weighted by Gasteiger charge is 2.03. The van der Waals surface area contributed by atoms with Crippen molar-refractivity contribution >= 4 is 5.69 Å². The number of hydrogen-bond acceptors (Lipinski definition) is 3. The van der Waals surface area contributed by atoms with Crippen molar-refractivity contribution in [3.63, 3.8) is 0 Å². The number of nitrogens with one attached hydrogen (secondary N) is 2. The highest BCUT2D eigenvalue weighted by molar-refractivity contribution is 5.56. The fourth-order valence-corrected chi connectivity index (χ4v) is 1.56. The molecular weight excluding hydrogens is 202 g/mol. The maximum atomic E-state index is 9.53. The van der Waals surface area contributed by atoms with Crippen LogP contribution in [-0.2, 0) is 6.54 Å². The predicted molar refractivity (Wildman–Crippen MR) is 63.5 cm³/mol. The molecule has 0 bridgehead atoms. The molecule has 0 aliphatic rings. The first kappa shape index (κ1) is 10.5. The molecule has 0 unspecified atom stereocenters. The molecule has 0 aliphatic heterocycles. The number of rotatable bonds is 3. The van der Waals surface area contributed by atoms with Crippen molar-refractivity contribution in [1.82, 2.24) is 10.2 Å². The average Bonchev–Trinajstić information content (AvgIpc) is 2.74. The summed E-state index contributed by atoms with van der Waals surface area (Å²) in [5.74, 6) is 0.338. The van der Waals surface area contributed by atoms with E-state index in [1.807, 2.05) is 26.0 Å². The van der Waals surface area contributed by atoms with E-state index < -0.39 is 0 Å². The third-order valence-electron chi connectivity index (χ3n) is 2.57. The van der Waals surface area contributed by atoms with E-state index in [9.17, 15) is 5.11 Å². The van der Waals surface area contributed by atoms with Crippen molar-refractivity contribution in [2.75, 3.05) is 5.32 Å². The number of benzene rings is 1. The Labute approximate surface area is 94.3 Å². The smallest absolute Gasteiger partial charge is 0.118 e. The van der Waals surface area contributed by atoms with Crippen LogP contribution in [0.1, 0.15) is 16.8 Å². The van der Waals surface area contributed by atoms with Gasteiger partial charge in [0, 0.05) is 11.9 Å². The van der Waals surface area contributed by atoms with Crippen molar-refractivity contribution in [3.8, 4) is 5.75 Å². The molecule has 2 aromatic rings. The Bertz CT molecular complexity index is 477. The van der Waals surface area contributed by atoms with E-state index in [1.165, 1.54) is 0 Å². The largest absolute Gasteiger partial charge is 0.508 e. The van der Waals surface area contributed by atoms with Crippen molar-refractivity contribution in [2.45, 2.75) is 20.4 Å². The maximum Gasteiger partial charge on any atom is 0.118 e. The molecule has 0 atom stereocenters. The summed E-state index contributed by atoms with van der Waals surface area (Å²) < 4.78 is 0. The number of aromatic hydroxyl groups is 1. The molecule has 84 valence electrons. The molecule has 0 spiro atoms. The normalized spacial score (nSPS) is 10.4. The van der Waals surface area contributed by atoms with Gasteiger partial charge in [-0.05, 0) is 43.2 Å². The van der Waals surface area contributed by atoms with Gasteiger partial charge < -0.3 is 10.4 Å². The second-order valence-corrected chi connectivity index (χ2v) is 3.89. The Kier molecular flexibility index (Phi) is 2.81. The molecule has 2 rings (SSSR count). The Hall–Kier alpha value is -1.97. The Morgan fingerprint density at radius 2 is 2.12 bits per heavy atom. The number of hydrogen-bond donors (Lipinski definition) is 3. The Balaban J connectivity index is 2.12. The number of anilines is 1. The van der Waals surface area contributed by atoms with E-state index in [0.29, 0.717) is 12.3 Å². The lowest BCUT2D eigenvalue weighted by Crippen LogP contribution is -2.01. The molecular formula is C12H15N3O. The first-order chi connectivity index (χ1) is 7.66. The molecule has 0 saturated heterocycles. The minimum absolute atomic E-state index is 0.338. The lowest BCUT2D eigenvalue weighted by Gasteiger charge is -2.10. The second-order valence-electron chi connectivity index (χ2n) is 3.89. The standard InChI is InChI=1S/C12H15N3O/c1-8-6-12(16)9(2)5-11(8)13-7-10-3-4-14-15-10/h3-6,13,16H,7H2,1-2H3,(H,14,15). The molecule has 4 nitrogen and oxygen atoms in total. The van der Waals surface area contributed by atoms with E-state index in [1.54, 1.807) is 12.3 Å². The number of aromatic amines is 1. The summed E-state index contributed by atoms with van der Waals surface area (Å²) >= 11 is 0. The Morgan fingerprint density at radius 1 is 1.31 bits per heavy atom. The predicted octanol–water partition coefficient (Wildman–Crippen LogP) is 2.34. The van der Waals surface area contributed by atoms with E-state index in [0.717, 1.165) is 22.5 Å². The fourth-order valence-electron chi connectivity index (χ4n) is 1.56. The number of phenols is 1. The van der Waals surface area contributed by atoms with Crippen molar-refractivity contribution in [2.24, 2.45) is 0 Å². The molecule has 0 aliphatic carbocycles. The zero-order chi connectivity index (χ0) is 11.5. The molecule has 1 aromatic heterocycles. The highest BCUT2D eigenvalue weighted by Crippen LogP contribution is 2.25. The topological polar surface area (TPSA) is 60.9 Å². The third-order valence-corrected chi connectivity index (χ3v) is 2.57. The van der Waals surface area contributed by atoms with Crippen LogP contribution in [0, 0.1) is 13.8 Å². The summed E-state index contributed by atoms with van der Waals surface area (Å²) in [4.78, 5) is 0. The Morgan fingerprint density at radius 3 is 2.81 bits per heavy atom. The van der Waals surface area contributed by atoms with E-state index in [2.05, 4.69) is 15.5 Å². The molecule has 0 amide bonds. The van der Waals surface area contributed by atoms with Crippen LogP contribution in [0.25, 0.3) is 0 Å². The van der Waals surface area contributed by atoms with Crippen LogP contribution in [0.3, 0.4) is 0 Å². The number of aromatic nitrogens is 2. The monoisotopic (exact) mass is 217 g/mol. The fraction of sp³-hybridized carbons (Fsp3) is 0.250. The zero-order valence-corrected chi connectivity index (χ0v) is 9.41. The molecule has 16 heavy (non-hydrogen) atoms. The van der Waals surface area contributed by atoms with Crippen LogP contribution in [-0.4, -0.2) is 15.3 Å². The van der Waals surface area contributed by atoms with Crippen LogP contribution in [0.5, 0.6) is 5.75 Å². The van der Waals surface area contributed by atoms with Gasteiger partial charge in [-0.15, -0.1) is 0 Å². The SMILES string of the molecule is Cc1cc(NCc2ccn[nH]2)c(C)cc1O. The van der Waals surface area contributed by atoms with Gasteiger partial charge in [-0.3, -0.25) is 5.10 Å². The molecule has 1 heterocycles. The van der Waals surface area contributed by atoms with Crippen LogP contribution in [0.4, 0.5) is 5.69 Å². The summed E-state index contributed by atoms with van der Waals surface area (Å²) in [6.45, 7) is 4.55. The summed E-state index contributed by atoms with van der Waals surface area (Å²) in [5, 5.41) is 19.6. The van der Waals surface area contributed by atoms with Gasteiger partial charge in [0.15, 0.2) is 0 Å². The third kappa shape index (κ3) is 2.16. The van der Waals surface area contributed by atoms with Crippen molar-refractivity contribution in [1.29, 1.82) is 0 Å². The van der Waals surface area contributed by atoms with E-state index in [4.69, 9.17) is 0 Å². The molecule has 0 fully saturated rings. The van der Waals surface area contributed by atoms with Gasteiger partial charge in [0.1, 0.15) is 5.75 Å². The quantitative estimate of drug-likeness (QED) is 0.691.